The molecule has 0 amide bonds. The molecule has 162 valence electrons. The van der Waals surface area contributed by atoms with Gasteiger partial charge in [0.2, 0.25) is 0 Å². The second-order valence-electron chi connectivity index (χ2n) is 8.06. The average Bonchev–Trinajstić information content (AvgIpc) is 3.11. The fourth-order valence-corrected chi connectivity index (χ4v) is 4.36. The lowest BCUT2D eigenvalue weighted by molar-refractivity contribution is 0.0305. The molecule has 2 atom stereocenters. The van der Waals surface area contributed by atoms with Crippen LogP contribution in [0.2, 0.25) is 0 Å². The van der Waals surface area contributed by atoms with Gasteiger partial charge >= 0.3 is 0 Å². The summed E-state index contributed by atoms with van der Waals surface area (Å²) in [6.45, 7) is 3.46. The smallest absolute Gasteiger partial charge is 0.266 e. The van der Waals surface area contributed by atoms with E-state index in [1.807, 2.05) is 19.2 Å². The fourth-order valence-electron chi connectivity index (χ4n) is 4.36. The molecule has 9 heteroatoms. The standard InChI is InChI=1S/C22H22F3N5O/c1-12-20-18(7-14(9-26-20)30-10-15-5-6-16(11-30)31-15)22(29-28-12)27-8-13-3-2-4-17(19(13)23)21(24)25/h2-4,7,9,15-16,21H,5-6,8,10-11H2,1H3,(H,27,29). The Labute approximate surface area is 177 Å². The molecular formula is C22H22F3N5O. The Morgan fingerprint density at radius 1 is 1.19 bits per heavy atom. The number of halogens is 3. The van der Waals surface area contributed by atoms with Gasteiger partial charge in [0.05, 0.1) is 40.9 Å². The third-order valence-electron chi connectivity index (χ3n) is 5.97. The lowest BCUT2D eigenvalue weighted by Gasteiger charge is -2.33. The van der Waals surface area contributed by atoms with Gasteiger partial charge in [-0.25, -0.2) is 13.2 Å². The van der Waals surface area contributed by atoms with Crippen molar-refractivity contribution in [2.24, 2.45) is 0 Å². The van der Waals surface area contributed by atoms with Crippen LogP contribution in [0.5, 0.6) is 0 Å². The van der Waals surface area contributed by atoms with E-state index >= 15 is 0 Å². The maximum absolute atomic E-state index is 14.4. The van der Waals surface area contributed by atoms with Gasteiger partial charge in [0.1, 0.15) is 5.82 Å². The van der Waals surface area contributed by atoms with Gasteiger partial charge in [-0.1, -0.05) is 18.2 Å². The van der Waals surface area contributed by atoms with Crippen LogP contribution in [0.4, 0.5) is 24.7 Å². The van der Waals surface area contributed by atoms with Crippen LogP contribution in [-0.4, -0.2) is 40.5 Å². The Balaban J connectivity index is 1.45. The van der Waals surface area contributed by atoms with Crippen LogP contribution in [0.3, 0.4) is 0 Å². The van der Waals surface area contributed by atoms with Crippen molar-refractivity contribution < 1.29 is 17.9 Å². The first-order valence-corrected chi connectivity index (χ1v) is 10.3. The number of anilines is 2. The number of rotatable bonds is 5. The first-order chi connectivity index (χ1) is 15.0. The fraction of sp³-hybridized carbons (Fsp3) is 0.409. The number of pyridine rings is 1. The Bertz CT molecular complexity index is 1110. The molecule has 3 aromatic rings. The highest BCUT2D eigenvalue weighted by Crippen LogP contribution is 2.32. The van der Waals surface area contributed by atoms with Crippen molar-refractivity contribution in [2.45, 2.75) is 44.9 Å². The van der Waals surface area contributed by atoms with Crippen LogP contribution >= 0.6 is 0 Å². The molecule has 6 nitrogen and oxygen atoms in total. The van der Waals surface area contributed by atoms with Gasteiger partial charge < -0.3 is 15.0 Å². The van der Waals surface area contributed by atoms with E-state index in [0.29, 0.717) is 17.0 Å². The molecule has 2 bridgehead atoms. The van der Waals surface area contributed by atoms with Crippen molar-refractivity contribution in [1.29, 1.82) is 0 Å². The number of hydrogen-bond acceptors (Lipinski definition) is 6. The van der Waals surface area contributed by atoms with Crippen molar-refractivity contribution in [3.05, 3.63) is 53.1 Å². The largest absolute Gasteiger partial charge is 0.371 e. The SMILES string of the molecule is Cc1nnc(NCc2cccc(C(F)F)c2F)c2cc(N3CC4CCC(C3)O4)cnc12. The topological polar surface area (TPSA) is 63.2 Å². The Morgan fingerprint density at radius 2 is 1.97 bits per heavy atom. The van der Waals surface area contributed by atoms with Crippen LogP contribution in [0.25, 0.3) is 10.9 Å². The summed E-state index contributed by atoms with van der Waals surface area (Å²) >= 11 is 0. The van der Waals surface area contributed by atoms with Gasteiger partial charge in [-0.3, -0.25) is 4.98 Å². The molecule has 31 heavy (non-hydrogen) atoms. The van der Waals surface area contributed by atoms with E-state index in [2.05, 4.69) is 25.4 Å². The molecule has 4 heterocycles. The number of aryl methyl sites for hydroxylation is 1. The number of morpholine rings is 1. The second kappa shape index (κ2) is 7.96. The van der Waals surface area contributed by atoms with E-state index in [1.165, 1.54) is 12.1 Å². The summed E-state index contributed by atoms with van der Waals surface area (Å²) in [5.41, 5.74) is 1.88. The molecule has 2 aliphatic rings. The monoisotopic (exact) mass is 429 g/mol. The number of nitrogens with one attached hydrogen (secondary N) is 1. The summed E-state index contributed by atoms with van der Waals surface area (Å²) in [6.07, 6.45) is 1.60. The van der Waals surface area contributed by atoms with Crippen molar-refractivity contribution in [3.8, 4) is 0 Å². The number of benzene rings is 1. The third-order valence-corrected chi connectivity index (χ3v) is 5.97. The minimum absolute atomic E-state index is 0.00512. The summed E-state index contributed by atoms with van der Waals surface area (Å²) < 4.78 is 46.3. The lowest BCUT2D eigenvalue weighted by atomic mass is 10.1. The number of fused-ring (bicyclic) bond motifs is 3. The summed E-state index contributed by atoms with van der Waals surface area (Å²) in [6, 6.07) is 6.00. The zero-order valence-electron chi connectivity index (χ0n) is 17.0. The predicted octanol–water partition coefficient (Wildman–Crippen LogP) is 4.39. The average molecular weight is 429 g/mol. The molecule has 0 spiro atoms. The van der Waals surface area contributed by atoms with Crippen molar-refractivity contribution in [2.75, 3.05) is 23.3 Å². The van der Waals surface area contributed by atoms with Crippen LogP contribution in [0.1, 0.15) is 36.1 Å². The molecule has 0 aliphatic carbocycles. The van der Waals surface area contributed by atoms with Gasteiger partial charge in [0.15, 0.2) is 5.82 Å². The van der Waals surface area contributed by atoms with Crippen LogP contribution in [0.15, 0.2) is 30.5 Å². The second-order valence-corrected chi connectivity index (χ2v) is 8.06. The molecule has 5 rings (SSSR count). The van der Waals surface area contributed by atoms with Crippen LogP contribution in [0, 0.1) is 12.7 Å². The zero-order chi connectivity index (χ0) is 21.5. The lowest BCUT2D eigenvalue weighted by Crippen LogP contribution is -2.42. The highest BCUT2D eigenvalue weighted by atomic mass is 19.3. The van der Waals surface area contributed by atoms with Gasteiger partial charge in [0, 0.05) is 30.6 Å². The molecule has 1 aromatic carbocycles. The number of ether oxygens (including phenoxy) is 1. The molecule has 2 fully saturated rings. The highest BCUT2D eigenvalue weighted by Gasteiger charge is 2.34. The third kappa shape index (κ3) is 3.78. The van der Waals surface area contributed by atoms with E-state index in [4.69, 9.17) is 4.74 Å². The van der Waals surface area contributed by atoms with Gasteiger partial charge in [0.25, 0.3) is 6.43 Å². The van der Waals surface area contributed by atoms with Crippen molar-refractivity contribution in [3.63, 3.8) is 0 Å². The molecular weight excluding hydrogens is 407 g/mol. The summed E-state index contributed by atoms with van der Waals surface area (Å²) in [7, 11) is 0. The normalized spacial score (nSPS) is 20.6. The first-order valence-electron chi connectivity index (χ1n) is 10.3. The van der Waals surface area contributed by atoms with E-state index in [-0.39, 0.29) is 24.3 Å². The zero-order valence-corrected chi connectivity index (χ0v) is 17.0. The molecule has 2 saturated heterocycles. The summed E-state index contributed by atoms with van der Waals surface area (Å²) in [4.78, 5) is 6.87. The predicted molar refractivity (Wildman–Crippen MR) is 111 cm³/mol. The minimum atomic E-state index is -2.87. The quantitative estimate of drug-likeness (QED) is 0.649. The number of alkyl halides is 2. The minimum Gasteiger partial charge on any atom is -0.371 e. The van der Waals surface area contributed by atoms with E-state index < -0.39 is 17.8 Å². The summed E-state index contributed by atoms with van der Waals surface area (Å²) in [5.74, 6) is -0.468. The van der Waals surface area contributed by atoms with Gasteiger partial charge in [-0.2, -0.15) is 5.10 Å². The Kier molecular flexibility index (Phi) is 5.13. The maximum atomic E-state index is 14.4. The number of hydrogen-bond donors (Lipinski definition) is 1. The number of nitrogens with zero attached hydrogens (tertiary/aromatic N) is 4. The Hall–Kier alpha value is -2.94. The van der Waals surface area contributed by atoms with Crippen LogP contribution < -0.4 is 10.2 Å². The number of aromatic nitrogens is 3. The molecule has 2 aromatic heterocycles. The van der Waals surface area contributed by atoms with E-state index in [9.17, 15) is 13.2 Å². The first kappa shape index (κ1) is 20.0. The van der Waals surface area contributed by atoms with Crippen LogP contribution in [-0.2, 0) is 11.3 Å². The molecule has 2 unspecified atom stereocenters. The van der Waals surface area contributed by atoms with Crippen molar-refractivity contribution >= 4 is 22.4 Å². The maximum Gasteiger partial charge on any atom is 0.266 e. The van der Waals surface area contributed by atoms with Gasteiger partial charge in [-0.15, -0.1) is 5.10 Å². The Morgan fingerprint density at radius 3 is 2.71 bits per heavy atom. The van der Waals surface area contributed by atoms with Gasteiger partial charge in [-0.05, 0) is 25.8 Å². The molecule has 2 aliphatic heterocycles. The van der Waals surface area contributed by atoms with E-state index in [0.717, 1.165) is 43.1 Å². The van der Waals surface area contributed by atoms with E-state index in [1.54, 1.807) is 0 Å². The molecule has 0 radical (unpaired) electrons. The highest BCUT2D eigenvalue weighted by molar-refractivity contribution is 5.92. The van der Waals surface area contributed by atoms with Crippen molar-refractivity contribution in [1.82, 2.24) is 15.2 Å². The summed E-state index contributed by atoms with van der Waals surface area (Å²) in [5, 5.41) is 12.2. The molecule has 0 saturated carbocycles. The molecule has 1 N–H and O–H groups in total.